The summed E-state index contributed by atoms with van der Waals surface area (Å²) in [7, 11) is 1.45. The molecule has 8 heteroatoms. The van der Waals surface area contributed by atoms with Crippen LogP contribution in [0.2, 0.25) is 0 Å². The number of carbonyl (C=O) groups is 1. The molecule has 0 saturated carbocycles. The number of carbonyl (C=O) groups excluding carboxylic acids is 1. The second kappa shape index (κ2) is 5.69. The normalized spacial score (nSPS) is 11.5. The lowest BCUT2D eigenvalue weighted by Gasteiger charge is -2.13. The van der Waals surface area contributed by atoms with Gasteiger partial charge in [0, 0.05) is 13.2 Å². The fraction of sp³-hybridized carbons (Fsp3) is 0.556. The van der Waals surface area contributed by atoms with E-state index in [9.17, 15) is 13.6 Å². The molecule has 0 aromatic carbocycles. The van der Waals surface area contributed by atoms with Gasteiger partial charge in [0.2, 0.25) is 0 Å². The summed E-state index contributed by atoms with van der Waals surface area (Å²) in [5, 5.41) is 5.43. The number of alkyl halides is 2. The third kappa shape index (κ3) is 4.08. The van der Waals surface area contributed by atoms with Crippen molar-refractivity contribution in [1.82, 2.24) is 10.5 Å². The van der Waals surface area contributed by atoms with E-state index in [1.165, 1.54) is 13.2 Å². The lowest BCUT2D eigenvalue weighted by atomic mass is 10.3. The number of nitrogens with one attached hydrogen (secondary N) is 1. The number of nitrogens with two attached hydrogens (primary N) is 1. The number of aromatic nitrogens is 1. The highest BCUT2D eigenvalue weighted by molar-refractivity contribution is 5.92. The van der Waals surface area contributed by atoms with Crippen molar-refractivity contribution in [3.8, 4) is 0 Å². The van der Waals surface area contributed by atoms with Gasteiger partial charge in [-0.15, -0.1) is 0 Å². The van der Waals surface area contributed by atoms with Crippen LogP contribution in [0.4, 0.5) is 8.78 Å². The zero-order chi connectivity index (χ0) is 12.9. The van der Waals surface area contributed by atoms with Crippen molar-refractivity contribution in [3.63, 3.8) is 0 Å². The van der Waals surface area contributed by atoms with Crippen LogP contribution in [0.1, 0.15) is 16.2 Å². The van der Waals surface area contributed by atoms with Crippen LogP contribution in [0.15, 0.2) is 10.6 Å². The van der Waals surface area contributed by atoms with E-state index in [4.69, 9.17) is 15.0 Å². The monoisotopic (exact) mass is 249 g/mol. The molecule has 0 saturated heterocycles. The van der Waals surface area contributed by atoms with Crippen molar-refractivity contribution < 1.29 is 22.8 Å². The minimum absolute atomic E-state index is 0.0788. The summed E-state index contributed by atoms with van der Waals surface area (Å²) in [5.74, 6) is -3.54. The average Bonchev–Trinajstić information content (AvgIpc) is 2.75. The molecule has 1 heterocycles. The zero-order valence-electron chi connectivity index (χ0n) is 9.20. The number of hydrogen-bond donors (Lipinski definition) is 2. The second-order valence-electron chi connectivity index (χ2n) is 3.35. The fourth-order valence-electron chi connectivity index (χ4n) is 1.00. The first kappa shape index (κ1) is 13.5. The van der Waals surface area contributed by atoms with Gasteiger partial charge in [-0.05, 0) is 0 Å². The van der Waals surface area contributed by atoms with Crippen LogP contribution in [-0.2, 0) is 11.3 Å². The van der Waals surface area contributed by atoms with E-state index < -0.39 is 24.9 Å². The molecule has 6 nitrogen and oxygen atoms in total. The van der Waals surface area contributed by atoms with E-state index in [1.54, 1.807) is 0 Å². The van der Waals surface area contributed by atoms with Gasteiger partial charge < -0.3 is 20.3 Å². The SMILES string of the molecule is COCc1cc(C(=O)NCC(F)(F)CN)no1. The highest BCUT2D eigenvalue weighted by Gasteiger charge is 2.27. The summed E-state index contributed by atoms with van der Waals surface area (Å²) in [5.41, 5.74) is 4.74. The van der Waals surface area contributed by atoms with Crippen LogP contribution in [-0.4, -0.2) is 37.2 Å². The number of rotatable bonds is 6. The molecule has 0 aliphatic rings. The quantitative estimate of drug-likeness (QED) is 0.748. The van der Waals surface area contributed by atoms with Crippen molar-refractivity contribution in [2.45, 2.75) is 12.5 Å². The molecule has 96 valence electrons. The molecule has 1 aromatic heterocycles. The number of nitrogens with zero attached hydrogens (tertiary/aromatic N) is 1. The Morgan fingerprint density at radius 2 is 2.41 bits per heavy atom. The molecule has 0 unspecified atom stereocenters. The maximum Gasteiger partial charge on any atom is 0.277 e. The maximum atomic E-state index is 12.8. The molecular formula is C9H13F2N3O3. The van der Waals surface area contributed by atoms with E-state index in [1.807, 2.05) is 5.32 Å². The Morgan fingerprint density at radius 1 is 1.71 bits per heavy atom. The van der Waals surface area contributed by atoms with E-state index in [0.717, 1.165) is 0 Å². The van der Waals surface area contributed by atoms with Gasteiger partial charge in [0.15, 0.2) is 11.5 Å². The van der Waals surface area contributed by atoms with Gasteiger partial charge in [-0.3, -0.25) is 4.79 Å². The van der Waals surface area contributed by atoms with E-state index in [2.05, 4.69) is 5.16 Å². The summed E-state index contributed by atoms with van der Waals surface area (Å²) in [6, 6.07) is 1.32. The van der Waals surface area contributed by atoms with Gasteiger partial charge in [-0.2, -0.15) is 0 Å². The van der Waals surface area contributed by atoms with Crippen molar-refractivity contribution in [2.24, 2.45) is 5.73 Å². The molecule has 0 bridgehead atoms. The topological polar surface area (TPSA) is 90.4 Å². The van der Waals surface area contributed by atoms with Crippen molar-refractivity contribution in [1.29, 1.82) is 0 Å². The highest BCUT2D eigenvalue weighted by Crippen LogP contribution is 2.10. The molecule has 1 rings (SSSR count). The van der Waals surface area contributed by atoms with Gasteiger partial charge in [-0.1, -0.05) is 5.16 Å². The Bertz CT molecular complexity index is 381. The summed E-state index contributed by atoms with van der Waals surface area (Å²) in [6.07, 6.45) is 0. The second-order valence-corrected chi connectivity index (χ2v) is 3.35. The molecule has 0 radical (unpaired) electrons. The third-order valence-corrected chi connectivity index (χ3v) is 1.88. The maximum absolute atomic E-state index is 12.8. The first-order valence-electron chi connectivity index (χ1n) is 4.79. The van der Waals surface area contributed by atoms with Crippen LogP contribution < -0.4 is 11.1 Å². The number of hydrogen-bond acceptors (Lipinski definition) is 5. The van der Waals surface area contributed by atoms with E-state index in [0.29, 0.717) is 5.76 Å². The summed E-state index contributed by atoms with van der Waals surface area (Å²) in [6.45, 7) is -1.52. The molecular weight excluding hydrogens is 236 g/mol. The number of amides is 1. The van der Waals surface area contributed by atoms with Gasteiger partial charge in [0.05, 0.1) is 13.1 Å². The molecule has 0 spiro atoms. The molecule has 0 fully saturated rings. The van der Waals surface area contributed by atoms with E-state index in [-0.39, 0.29) is 12.3 Å². The Morgan fingerprint density at radius 3 is 3.00 bits per heavy atom. The van der Waals surface area contributed by atoms with Gasteiger partial charge in [-0.25, -0.2) is 8.78 Å². The highest BCUT2D eigenvalue weighted by atomic mass is 19.3. The fourth-order valence-corrected chi connectivity index (χ4v) is 1.00. The minimum Gasteiger partial charge on any atom is -0.377 e. The first-order chi connectivity index (χ1) is 7.98. The first-order valence-corrected chi connectivity index (χ1v) is 4.79. The molecule has 3 N–H and O–H groups in total. The summed E-state index contributed by atoms with van der Waals surface area (Å²) in [4.78, 5) is 11.4. The van der Waals surface area contributed by atoms with Crippen LogP contribution in [0.3, 0.4) is 0 Å². The molecule has 0 aliphatic heterocycles. The minimum atomic E-state index is -3.13. The molecule has 0 aliphatic carbocycles. The zero-order valence-corrected chi connectivity index (χ0v) is 9.20. The predicted octanol–water partition coefficient (Wildman–Crippen LogP) is 0.145. The van der Waals surface area contributed by atoms with Crippen LogP contribution in [0, 0.1) is 0 Å². The molecule has 0 atom stereocenters. The Balaban J connectivity index is 2.52. The smallest absolute Gasteiger partial charge is 0.277 e. The summed E-state index contributed by atoms with van der Waals surface area (Å²) < 4.78 is 35.0. The number of halogens is 2. The van der Waals surface area contributed by atoms with Gasteiger partial charge in [0.25, 0.3) is 11.8 Å². The Kier molecular flexibility index (Phi) is 4.53. The number of methoxy groups -OCH3 is 1. The summed E-state index contributed by atoms with van der Waals surface area (Å²) >= 11 is 0. The molecule has 1 aromatic rings. The molecule has 1 amide bonds. The standard InChI is InChI=1S/C9H13F2N3O3/c1-16-3-6-2-7(14-17-6)8(15)13-5-9(10,11)4-12/h2H,3-5,12H2,1H3,(H,13,15). The lowest BCUT2D eigenvalue weighted by Crippen LogP contribution is -2.41. The average molecular weight is 249 g/mol. The van der Waals surface area contributed by atoms with Crippen molar-refractivity contribution >= 4 is 5.91 Å². The Labute approximate surface area is 96.1 Å². The van der Waals surface area contributed by atoms with Gasteiger partial charge >= 0.3 is 0 Å². The van der Waals surface area contributed by atoms with Crippen molar-refractivity contribution in [2.75, 3.05) is 20.2 Å². The number of ether oxygens (including phenoxy) is 1. The lowest BCUT2D eigenvalue weighted by molar-refractivity contribution is 0.0117. The van der Waals surface area contributed by atoms with Crippen LogP contribution >= 0.6 is 0 Å². The largest absolute Gasteiger partial charge is 0.377 e. The van der Waals surface area contributed by atoms with Crippen LogP contribution in [0.5, 0.6) is 0 Å². The van der Waals surface area contributed by atoms with Gasteiger partial charge in [0.1, 0.15) is 6.61 Å². The van der Waals surface area contributed by atoms with Crippen LogP contribution in [0.25, 0.3) is 0 Å². The Hall–Kier alpha value is -1.54. The predicted molar refractivity (Wildman–Crippen MR) is 53.6 cm³/mol. The van der Waals surface area contributed by atoms with E-state index >= 15 is 0 Å². The van der Waals surface area contributed by atoms with Crippen molar-refractivity contribution in [3.05, 3.63) is 17.5 Å². The molecule has 17 heavy (non-hydrogen) atoms. The third-order valence-electron chi connectivity index (χ3n) is 1.88.